The fourth-order valence-corrected chi connectivity index (χ4v) is 2.57. The van der Waals surface area contributed by atoms with Gasteiger partial charge in [-0.05, 0) is 37.2 Å². The van der Waals surface area contributed by atoms with E-state index in [9.17, 15) is 9.59 Å². The average Bonchev–Trinajstić information content (AvgIpc) is 3.22. The van der Waals surface area contributed by atoms with Crippen molar-refractivity contribution in [2.75, 3.05) is 13.1 Å². The topological polar surface area (TPSA) is 40.6 Å². The molecule has 19 heavy (non-hydrogen) atoms. The highest BCUT2D eigenvalue weighted by atomic mass is 32.1. The SMILES string of the molecule is O=C(c1ccccc1)N1CCN(C(=O)C2CC2)C1=S. The zero-order valence-electron chi connectivity index (χ0n) is 10.4. The van der Waals surface area contributed by atoms with E-state index < -0.39 is 0 Å². The van der Waals surface area contributed by atoms with Crippen molar-refractivity contribution in [3.8, 4) is 0 Å². The third kappa shape index (κ3) is 2.26. The van der Waals surface area contributed by atoms with Crippen LogP contribution in [0.4, 0.5) is 0 Å². The van der Waals surface area contributed by atoms with E-state index >= 15 is 0 Å². The molecule has 1 aliphatic heterocycles. The molecule has 4 nitrogen and oxygen atoms in total. The molecular weight excluding hydrogens is 260 g/mol. The molecule has 3 rings (SSSR count). The second-order valence-corrected chi connectivity index (χ2v) is 5.23. The first-order chi connectivity index (χ1) is 9.18. The zero-order valence-corrected chi connectivity index (χ0v) is 11.2. The van der Waals surface area contributed by atoms with Crippen LogP contribution in [0, 0.1) is 5.92 Å². The van der Waals surface area contributed by atoms with Gasteiger partial charge in [0, 0.05) is 24.6 Å². The fourth-order valence-electron chi connectivity index (χ4n) is 2.22. The normalized spacial score (nSPS) is 18.8. The molecular formula is C14H14N2O2S. The number of hydrogen-bond acceptors (Lipinski definition) is 3. The number of carbonyl (C=O) groups is 2. The molecule has 0 unspecified atom stereocenters. The molecule has 2 amide bonds. The van der Waals surface area contributed by atoms with Crippen LogP contribution in [0.3, 0.4) is 0 Å². The molecule has 1 aliphatic carbocycles. The van der Waals surface area contributed by atoms with Gasteiger partial charge in [0.15, 0.2) is 5.11 Å². The number of nitrogens with zero attached hydrogens (tertiary/aromatic N) is 2. The van der Waals surface area contributed by atoms with Crippen LogP contribution >= 0.6 is 12.2 Å². The second kappa shape index (κ2) is 4.74. The van der Waals surface area contributed by atoms with Gasteiger partial charge in [0.2, 0.25) is 5.91 Å². The summed E-state index contributed by atoms with van der Waals surface area (Å²) >= 11 is 5.27. The van der Waals surface area contributed by atoms with E-state index in [0.717, 1.165) is 12.8 Å². The molecule has 0 spiro atoms. The van der Waals surface area contributed by atoms with Crippen LogP contribution < -0.4 is 0 Å². The summed E-state index contributed by atoms with van der Waals surface area (Å²) in [5, 5.41) is 0.353. The zero-order chi connectivity index (χ0) is 13.4. The first kappa shape index (κ1) is 12.3. The predicted octanol–water partition coefficient (Wildman–Crippen LogP) is 1.67. The third-order valence-corrected chi connectivity index (χ3v) is 3.91. The maximum Gasteiger partial charge on any atom is 0.260 e. The van der Waals surface area contributed by atoms with Crippen LogP contribution in [0.2, 0.25) is 0 Å². The van der Waals surface area contributed by atoms with Gasteiger partial charge < -0.3 is 0 Å². The van der Waals surface area contributed by atoms with Gasteiger partial charge in [-0.25, -0.2) is 0 Å². The van der Waals surface area contributed by atoms with Gasteiger partial charge in [-0.1, -0.05) is 18.2 Å². The Morgan fingerprint density at radius 3 is 2.32 bits per heavy atom. The monoisotopic (exact) mass is 274 g/mol. The third-order valence-electron chi connectivity index (χ3n) is 3.47. The second-order valence-electron chi connectivity index (χ2n) is 4.87. The summed E-state index contributed by atoms with van der Waals surface area (Å²) in [6.07, 6.45) is 1.90. The van der Waals surface area contributed by atoms with Crippen LogP contribution in [0.1, 0.15) is 23.2 Å². The molecule has 1 aromatic carbocycles. The highest BCUT2D eigenvalue weighted by Gasteiger charge is 2.40. The van der Waals surface area contributed by atoms with Crippen LogP contribution in [0.15, 0.2) is 30.3 Å². The van der Waals surface area contributed by atoms with E-state index in [1.807, 2.05) is 18.2 Å². The number of hydrogen-bond donors (Lipinski definition) is 0. The van der Waals surface area contributed by atoms with Crippen molar-refractivity contribution in [2.24, 2.45) is 5.92 Å². The first-order valence-electron chi connectivity index (χ1n) is 6.41. The molecule has 1 aromatic rings. The minimum absolute atomic E-state index is 0.0772. The van der Waals surface area contributed by atoms with Gasteiger partial charge in [-0.15, -0.1) is 0 Å². The highest BCUT2D eigenvalue weighted by molar-refractivity contribution is 7.80. The summed E-state index contributed by atoms with van der Waals surface area (Å²) in [5.74, 6) is 0.0785. The minimum atomic E-state index is -0.128. The molecule has 0 radical (unpaired) electrons. The van der Waals surface area contributed by atoms with E-state index in [1.54, 1.807) is 17.0 Å². The van der Waals surface area contributed by atoms with Crippen molar-refractivity contribution in [3.05, 3.63) is 35.9 Å². The molecule has 98 valence electrons. The van der Waals surface area contributed by atoms with E-state index in [-0.39, 0.29) is 17.7 Å². The van der Waals surface area contributed by atoms with Crippen molar-refractivity contribution >= 4 is 29.1 Å². The Kier molecular flexibility index (Phi) is 3.06. The molecule has 1 heterocycles. The summed E-state index contributed by atoms with van der Waals surface area (Å²) in [7, 11) is 0. The highest BCUT2D eigenvalue weighted by Crippen LogP contribution is 2.32. The number of carbonyl (C=O) groups excluding carboxylic acids is 2. The Bertz CT molecular complexity index is 540. The van der Waals surface area contributed by atoms with Crippen LogP contribution in [0.5, 0.6) is 0 Å². The first-order valence-corrected chi connectivity index (χ1v) is 6.81. The number of rotatable bonds is 2. The molecule has 5 heteroatoms. The number of benzene rings is 1. The maximum absolute atomic E-state index is 12.3. The molecule has 0 bridgehead atoms. The summed E-state index contributed by atoms with van der Waals surface area (Å²) in [6, 6.07) is 9.02. The molecule has 2 aliphatic rings. The molecule has 0 aromatic heterocycles. The summed E-state index contributed by atoms with van der Waals surface area (Å²) in [4.78, 5) is 27.4. The quantitative estimate of drug-likeness (QED) is 0.770. The van der Waals surface area contributed by atoms with E-state index in [1.165, 1.54) is 4.90 Å². The van der Waals surface area contributed by atoms with Crippen LogP contribution in [0.25, 0.3) is 0 Å². The van der Waals surface area contributed by atoms with E-state index in [0.29, 0.717) is 23.8 Å². The molecule has 1 saturated carbocycles. The van der Waals surface area contributed by atoms with Crippen molar-refractivity contribution in [1.29, 1.82) is 0 Å². The maximum atomic E-state index is 12.3. The van der Waals surface area contributed by atoms with Crippen molar-refractivity contribution in [3.63, 3.8) is 0 Å². The van der Waals surface area contributed by atoms with Gasteiger partial charge in [0.1, 0.15) is 0 Å². The lowest BCUT2D eigenvalue weighted by Crippen LogP contribution is -2.39. The molecule has 2 fully saturated rings. The number of amides is 2. The van der Waals surface area contributed by atoms with E-state index in [2.05, 4.69) is 0 Å². The smallest absolute Gasteiger partial charge is 0.260 e. The summed E-state index contributed by atoms with van der Waals surface area (Å²) < 4.78 is 0. The Morgan fingerprint density at radius 1 is 1.05 bits per heavy atom. The van der Waals surface area contributed by atoms with Gasteiger partial charge in [0.25, 0.3) is 5.91 Å². The predicted molar refractivity (Wildman–Crippen MR) is 74.5 cm³/mol. The minimum Gasteiger partial charge on any atom is -0.287 e. The Balaban J connectivity index is 1.75. The van der Waals surface area contributed by atoms with Crippen molar-refractivity contribution in [1.82, 2.24) is 9.80 Å². The van der Waals surface area contributed by atoms with Gasteiger partial charge >= 0.3 is 0 Å². The fraction of sp³-hybridized carbons (Fsp3) is 0.357. The average molecular weight is 274 g/mol. The Hall–Kier alpha value is -1.75. The molecule has 0 N–H and O–H groups in total. The van der Waals surface area contributed by atoms with Crippen LogP contribution in [-0.4, -0.2) is 39.8 Å². The van der Waals surface area contributed by atoms with E-state index in [4.69, 9.17) is 12.2 Å². The Morgan fingerprint density at radius 2 is 1.68 bits per heavy atom. The largest absolute Gasteiger partial charge is 0.287 e. The summed E-state index contributed by atoms with van der Waals surface area (Å²) in [5.41, 5.74) is 0.602. The van der Waals surface area contributed by atoms with Gasteiger partial charge in [0.05, 0.1) is 0 Å². The number of thiocarbonyl (C=S) groups is 1. The van der Waals surface area contributed by atoms with Crippen molar-refractivity contribution in [2.45, 2.75) is 12.8 Å². The van der Waals surface area contributed by atoms with Gasteiger partial charge in [-0.3, -0.25) is 19.4 Å². The molecule has 1 saturated heterocycles. The van der Waals surface area contributed by atoms with Gasteiger partial charge in [-0.2, -0.15) is 0 Å². The summed E-state index contributed by atoms with van der Waals surface area (Å²) in [6.45, 7) is 1.01. The lowest BCUT2D eigenvalue weighted by Gasteiger charge is -2.19. The lowest BCUT2D eigenvalue weighted by atomic mass is 10.2. The van der Waals surface area contributed by atoms with Crippen molar-refractivity contribution < 1.29 is 9.59 Å². The Labute approximate surface area is 117 Å². The standard InChI is InChI=1S/C14H14N2O2S/c17-12(10-4-2-1-3-5-10)15-8-9-16(14(15)19)13(18)11-6-7-11/h1-5,11H,6-9H2. The lowest BCUT2D eigenvalue weighted by molar-refractivity contribution is -0.128. The molecule has 0 atom stereocenters. The van der Waals surface area contributed by atoms with Crippen LogP contribution in [-0.2, 0) is 4.79 Å².